The van der Waals surface area contributed by atoms with Crippen molar-refractivity contribution in [3.8, 4) is 11.5 Å². The first-order valence-corrected chi connectivity index (χ1v) is 5.92. The third kappa shape index (κ3) is 2.41. The second kappa shape index (κ2) is 5.27. The summed E-state index contributed by atoms with van der Waals surface area (Å²) in [4.78, 5) is 13.9. The second-order valence-electron chi connectivity index (χ2n) is 4.53. The van der Waals surface area contributed by atoms with Crippen molar-refractivity contribution < 1.29 is 19.7 Å². The van der Waals surface area contributed by atoms with Gasteiger partial charge in [-0.15, -0.1) is 0 Å². The molecule has 1 saturated heterocycles. The maximum Gasteiger partial charge on any atom is 0.257 e. The summed E-state index contributed by atoms with van der Waals surface area (Å²) in [5, 5.41) is 19.1. The fraction of sp³-hybridized carbons (Fsp3) is 0.462. The lowest BCUT2D eigenvalue weighted by atomic mass is 10.1. The minimum absolute atomic E-state index is 0.146. The van der Waals surface area contributed by atoms with Gasteiger partial charge in [-0.3, -0.25) is 4.79 Å². The van der Waals surface area contributed by atoms with Gasteiger partial charge in [-0.1, -0.05) is 6.07 Å². The third-order valence-corrected chi connectivity index (χ3v) is 3.22. The van der Waals surface area contributed by atoms with E-state index in [-0.39, 0.29) is 23.0 Å². The number of phenols is 2. The molecule has 5 nitrogen and oxygen atoms in total. The quantitative estimate of drug-likeness (QED) is 0.792. The van der Waals surface area contributed by atoms with E-state index in [1.54, 1.807) is 18.1 Å². The molecule has 1 aromatic carbocycles. The molecular formula is C13H17NO4. The van der Waals surface area contributed by atoms with Gasteiger partial charge in [0.2, 0.25) is 0 Å². The van der Waals surface area contributed by atoms with Crippen molar-refractivity contribution in [2.24, 2.45) is 5.92 Å². The lowest BCUT2D eigenvalue weighted by Gasteiger charge is -2.17. The van der Waals surface area contributed by atoms with Crippen LogP contribution in [0.2, 0.25) is 0 Å². The fourth-order valence-electron chi connectivity index (χ4n) is 2.26. The first-order valence-electron chi connectivity index (χ1n) is 5.92. The van der Waals surface area contributed by atoms with Crippen molar-refractivity contribution in [3.05, 3.63) is 23.8 Å². The number of amides is 1. The van der Waals surface area contributed by atoms with Crippen molar-refractivity contribution in [3.63, 3.8) is 0 Å². The van der Waals surface area contributed by atoms with Crippen LogP contribution in [-0.4, -0.2) is 47.8 Å². The molecule has 0 aromatic heterocycles. The SMILES string of the molecule is COCC1CCN(C(=O)c2cccc(O)c2O)C1. The first-order chi connectivity index (χ1) is 8.63. The molecule has 1 aromatic rings. The monoisotopic (exact) mass is 251 g/mol. The van der Waals surface area contributed by atoms with Crippen LogP contribution in [-0.2, 0) is 4.74 Å². The van der Waals surface area contributed by atoms with Crippen molar-refractivity contribution >= 4 is 5.91 Å². The molecular weight excluding hydrogens is 234 g/mol. The maximum absolute atomic E-state index is 12.2. The average Bonchev–Trinajstić information content (AvgIpc) is 2.81. The Morgan fingerprint density at radius 1 is 1.50 bits per heavy atom. The molecule has 2 N–H and O–H groups in total. The van der Waals surface area contributed by atoms with Crippen LogP contribution in [0.1, 0.15) is 16.8 Å². The highest BCUT2D eigenvalue weighted by molar-refractivity contribution is 5.97. The van der Waals surface area contributed by atoms with E-state index in [0.29, 0.717) is 25.6 Å². The van der Waals surface area contributed by atoms with Crippen molar-refractivity contribution in [1.82, 2.24) is 4.90 Å². The maximum atomic E-state index is 12.2. The zero-order valence-corrected chi connectivity index (χ0v) is 10.3. The topological polar surface area (TPSA) is 70.0 Å². The molecule has 1 amide bonds. The molecule has 1 aliphatic heterocycles. The number of phenolic OH excluding ortho intramolecular Hbond substituents is 2. The van der Waals surface area contributed by atoms with E-state index in [1.807, 2.05) is 0 Å². The highest BCUT2D eigenvalue weighted by Gasteiger charge is 2.28. The number of hydrogen-bond donors (Lipinski definition) is 2. The Bertz CT molecular complexity index is 447. The standard InChI is InChI=1S/C13H17NO4/c1-18-8-9-5-6-14(7-9)13(17)10-3-2-4-11(15)12(10)16/h2-4,9,15-16H,5-8H2,1H3. The molecule has 1 atom stereocenters. The van der Waals surface area contributed by atoms with Crippen LogP contribution in [0, 0.1) is 5.92 Å². The number of hydrogen-bond acceptors (Lipinski definition) is 4. The van der Waals surface area contributed by atoms with Crippen molar-refractivity contribution in [2.75, 3.05) is 26.8 Å². The minimum atomic E-state index is -0.349. The van der Waals surface area contributed by atoms with Crippen LogP contribution in [0.25, 0.3) is 0 Å². The van der Waals surface area contributed by atoms with Gasteiger partial charge < -0.3 is 19.8 Å². The Morgan fingerprint density at radius 3 is 3.00 bits per heavy atom. The van der Waals surface area contributed by atoms with Crippen LogP contribution >= 0.6 is 0 Å². The van der Waals surface area contributed by atoms with Gasteiger partial charge in [-0.25, -0.2) is 0 Å². The normalized spacial score (nSPS) is 19.2. The number of benzene rings is 1. The summed E-state index contributed by atoms with van der Waals surface area (Å²) in [6, 6.07) is 4.41. The van der Waals surface area contributed by atoms with Gasteiger partial charge in [0.25, 0.3) is 5.91 Å². The number of rotatable bonds is 3. The zero-order valence-electron chi connectivity index (χ0n) is 10.3. The molecule has 5 heteroatoms. The number of aromatic hydroxyl groups is 2. The number of carbonyl (C=O) groups is 1. The van der Waals surface area contributed by atoms with E-state index >= 15 is 0 Å². The summed E-state index contributed by atoms with van der Waals surface area (Å²) in [5.41, 5.74) is 0.146. The van der Waals surface area contributed by atoms with Gasteiger partial charge in [-0.2, -0.15) is 0 Å². The molecule has 1 aliphatic rings. The molecule has 98 valence electrons. The van der Waals surface area contributed by atoms with Gasteiger partial charge >= 0.3 is 0 Å². The summed E-state index contributed by atoms with van der Waals surface area (Å²) in [5.74, 6) is -0.522. The summed E-state index contributed by atoms with van der Waals surface area (Å²) in [7, 11) is 1.64. The van der Waals surface area contributed by atoms with Crippen molar-refractivity contribution in [1.29, 1.82) is 0 Å². The van der Waals surface area contributed by atoms with Gasteiger partial charge in [0.15, 0.2) is 11.5 Å². The average molecular weight is 251 g/mol. The second-order valence-corrected chi connectivity index (χ2v) is 4.53. The predicted molar refractivity (Wildman–Crippen MR) is 65.7 cm³/mol. The highest BCUT2D eigenvalue weighted by Crippen LogP contribution is 2.30. The lowest BCUT2D eigenvalue weighted by Crippen LogP contribution is -2.29. The van der Waals surface area contributed by atoms with Crippen LogP contribution < -0.4 is 0 Å². The molecule has 0 aliphatic carbocycles. The Balaban J connectivity index is 2.11. The molecule has 0 radical (unpaired) electrons. The number of carbonyl (C=O) groups excluding carboxylic acids is 1. The Kier molecular flexibility index (Phi) is 3.72. The number of methoxy groups -OCH3 is 1. The number of nitrogens with zero attached hydrogens (tertiary/aromatic N) is 1. The van der Waals surface area contributed by atoms with Crippen LogP contribution in [0.5, 0.6) is 11.5 Å². The van der Waals surface area contributed by atoms with Crippen LogP contribution in [0.4, 0.5) is 0 Å². The van der Waals surface area contributed by atoms with Crippen molar-refractivity contribution in [2.45, 2.75) is 6.42 Å². The molecule has 0 bridgehead atoms. The lowest BCUT2D eigenvalue weighted by molar-refractivity contribution is 0.0772. The Labute approximate surface area is 106 Å². The van der Waals surface area contributed by atoms with E-state index in [0.717, 1.165) is 6.42 Å². The van der Waals surface area contributed by atoms with Gasteiger partial charge in [0.1, 0.15) is 0 Å². The fourth-order valence-corrected chi connectivity index (χ4v) is 2.26. The Hall–Kier alpha value is -1.75. The zero-order chi connectivity index (χ0) is 13.1. The molecule has 1 heterocycles. The Morgan fingerprint density at radius 2 is 2.28 bits per heavy atom. The van der Waals surface area contributed by atoms with E-state index < -0.39 is 0 Å². The number of ether oxygens (including phenoxy) is 1. The van der Waals surface area contributed by atoms with E-state index in [4.69, 9.17) is 4.74 Å². The number of likely N-dealkylation sites (tertiary alicyclic amines) is 1. The first kappa shape index (κ1) is 12.7. The van der Waals surface area contributed by atoms with Crippen LogP contribution in [0.3, 0.4) is 0 Å². The molecule has 1 unspecified atom stereocenters. The van der Waals surface area contributed by atoms with Gasteiger partial charge in [0, 0.05) is 26.1 Å². The molecule has 0 spiro atoms. The smallest absolute Gasteiger partial charge is 0.257 e. The predicted octanol–water partition coefficient (Wildman–Crippen LogP) is 1.21. The van der Waals surface area contributed by atoms with Crippen LogP contribution in [0.15, 0.2) is 18.2 Å². The third-order valence-electron chi connectivity index (χ3n) is 3.22. The molecule has 18 heavy (non-hydrogen) atoms. The van der Waals surface area contributed by atoms with E-state index in [9.17, 15) is 15.0 Å². The highest BCUT2D eigenvalue weighted by atomic mass is 16.5. The van der Waals surface area contributed by atoms with Gasteiger partial charge in [0.05, 0.1) is 12.2 Å². The minimum Gasteiger partial charge on any atom is -0.504 e. The van der Waals surface area contributed by atoms with Gasteiger partial charge in [-0.05, 0) is 18.6 Å². The summed E-state index contributed by atoms with van der Waals surface area (Å²) >= 11 is 0. The summed E-state index contributed by atoms with van der Waals surface area (Å²) < 4.78 is 5.08. The molecule has 1 fully saturated rings. The summed E-state index contributed by atoms with van der Waals surface area (Å²) in [6.07, 6.45) is 0.902. The van der Waals surface area contributed by atoms with E-state index in [2.05, 4.69) is 0 Å². The molecule has 2 rings (SSSR count). The number of para-hydroxylation sites is 1. The summed E-state index contributed by atoms with van der Waals surface area (Å²) in [6.45, 7) is 1.92. The van der Waals surface area contributed by atoms with E-state index in [1.165, 1.54) is 12.1 Å². The molecule has 0 saturated carbocycles. The largest absolute Gasteiger partial charge is 0.504 e.